The largest absolute Gasteiger partial charge is 0.378 e. The molecule has 0 aliphatic heterocycles. The van der Waals surface area contributed by atoms with Crippen molar-refractivity contribution in [3.8, 4) is 0 Å². The smallest absolute Gasteiger partial charge is 0.0940 e. The molecule has 1 N–H and O–H groups in total. The number of thiazole rings is 1. The zero-order chi connectivity index (χ0) is 14.7. The van der Waals surface area contributed by atoms with Gasteiger partial charge in [-0.25, -0.2) is 4.98 Å². The minimum Gasteiger partial charge on any atom is -0.378 e. The van der Waals surface area contributed by atoms with Gasteiger partial charge in [-0.05, 0) is 33.1 Å². The van der Waals surface area contributed by atoms with Gasteiger partial charge >= 0.3 is 0 Å². The molecule has 0 bridgehead atoms. The lowest BCUT2D eigenvalue weighted by Crippen LogP contribution is -2.64. The summed E-state index contributed by atoms with van der Waals surface area (Å²) in [4.78, 5) is 4.55. The third kappa shape index (κ3) is 3.17. The molecule has 4 heteroatoms. The van der Waals surface area contributed by atoms with Crippen LogP contribution in [0.5, 0.6) is 0 Å². The molecule has 2 fully saturated rings. The van der Waals surface area contributed by atoms with Crippen LogP contribution in [-0.2, 0) is 11.2 Å². The number of ether oxygens (including phenoxy) is 1. The van der Waals surface area contributed by atoms with E-state index in [9.17, 15) is 0 Å². The lowest BCUT2D eigenvalue weighted by molar-refractivity contribution is -0.149. The summed E-state index contributed by atoms with van der Waals surface area (Å²) in [5.41, 5.74) is 1.59. The first-order chi connectivity index (χ1) is 10.2. The summed E-state index contributed by atoms with van der Waals surface area (Å²) >= 11 is 1.79. The molecule has 2 aliphatic carbocycles. The third-order valence-electron chi connectivity index (χ3n) is 5.33. The molecule has 1 spiro atoms. The van der Waals surface area contributed by atoms with Crippen molar-refractivity contribution in [2.24, 2.45) is 5.41 Å². The Morgan fingerprint density at radius 3 is 2.86 bits per heavy atom. The van der Waals surface area contributed by atoms with Crippen LogP contribution in [-0.4, -0.2) is 30.3 Å². The third-order valence-corrected chi connectivity index (χ3v) is 6.36. The van der Waals surface area contributed by atoms with Gasteiger partial charge in [0.25, 0.3) is 0 Å². The second kappa shape index (κ2) is 6.76. The molecular weight excluding hydrogens is 280 g/mol. The number of rotatable bonds is 6. The standard InChI is InChI=1S/C17H28N2OS/c1-3-20-15-11-14(17(15)8-5-4-6-9-17)18-10-7-16-19-13(2)12-21-16/h12,14-15,18H,3-11H2,1-2H3. The first kappa shape index (κ1) is 15.4. The van der Waals surface area contributed by atoms with Crippen molar-refractivity contribution >= 4 is 11.3 Å². The van der Waals surface area contributed by atoms with Gasteiger partial charge in [-0.1, -0.05) is 19.3 Å². The molecule has 21 heavy (non-hydrogen) atoms. The van der Waals surface area contributed by atoms with Gasteiger partial charge in [0.1, 0.15) is 0 Å². The van der Waals surface area contributed by atoms with E-state index in [4.69, 9.17) is 4.74 Å². The first-order valence-corrected chi connectivity index (χ1v) is 9.38. The molecule has 3 nitrogen and oxygen atoms in total. The predicted molar refractivity (Wildman–Crippen MR) is 87.9 cm³/mol. The van der Waals surface area contributed by atoms with Crippen LogP contribution in [0, 0.1) is 12.3 Å². The average Bonchev–Trinajstić information content (AvgIpc) is 2.92. The van der Waals surface area contributed by atoms with Gasteiger partial charge in [-0.15, -0.1) is 11.3 Å². The molecule has 2 unspecified atom stereocenters. The Kier molecular flexibility index (Phi) is 4.97. The Labute approximate surface area is 132 Å². The van der Waals surface area contributed by atoms with Crippen LogP contribution in [0.3, 0.4) is 0 Å². The Morgan fingerprint density at radius 2 is 2.19 bits per heavy atom. The van der Waals surface area contributed by atoms with Gasteiger partial charge in [0.15, 0.2) is 0 Å². The van der Waals surface area contributed by atoms with Crippen molar-refractivity contribution in [1.82, 2.24) is 10.3 Å². The van der Waals surface area contributed by atoms with Gasteiger partial charge in [-0.3, -0.25) is 0 Å². The molecule has 2 saturated carbocycles. The summed E-state index contributed by atoms with van der Waals surface area (Å²) < 4.78 is 6.02. The van der Waals surface area contributed by atoms with E-state index < -0.39 is 0 Å². The van der Waals surface area contributed by atoms with Gasteiger partial charge in [0.2, 0.25) is 0 Å². The number of hydrogen-bond donors (Lipinski definition) is 1. The van der Waals surface area contributed by atoms with Crippen LogP contribution in [0.4, 0.5) is 0 Å². The van der Waals surface area contributed by atoms with Gasteiger partial charge in [-0.2, -0.15) is 0 Å². The van der Waals surface area contributed by atoms with Crippen LogP contribution >= 0.6 is 11.3 Å². The lowest BCUT2D eigenvalue weighted by atomic mass is 9.55. The molecule has 1 aromatic heterocycles. The summed E-state index contributed by atoms with van der Waals surface area (Å²) in [5.74, 6) is 0. The zero-order valence-electron chi connectivity index (χ0n) is 13.4. The van der Waals surface area contributed by atoms with Crippen molar-refractivity contribution in [3.63, 3.8) is 0 Å². The topological polar surface area (TPSA) is 34.1 Å². The summed E-state index contributed by atoms with van der Waals surface area (Å²) in [6.45, 7) is 6.11. The van der Waals surface area contributed by atoms with E-state index in [1.54, 1.807) is 11.3 Å². The van der Waals surface area contributed by atoms with Crippen molar-refractivity contribution < 1.29 is 4.74 Å². The Balaban J connectivity index is 1.52. The molecule has 0 amide bonds. The van der Waals surface area contributed by atoms with Crippen molar-refractivity contribution in [3.05, 3.63) is 16.1 Å². The Hall–Kier alpha value is -0.450. The normalized spacial score (nSPS) is 27.7. The van der Waals surface area contributed by atoms with E-state index in [1.807, 2.05) is 0 Å². The Morgan fingerprint density at radius 1 is 1.38 bits per heavy atom. The SMILES string of the molecule is CCOC1CC(NCCc2nc(C)cs2)C12CCCCC2. The van der Waals surface area contributed by atoms with Gasteiger partial charge < -0.3 is 10.1 Å². The Bertz CT molecular complexity index is 453. The second-order valence-corrected chi connectivity index (χ2v) is 7.56. The number of hydrogen-bond acceptors (Lipinski definition) is 4. The number of nitrogens with one attached hydrogen (secondary N) is 1. The second-order valence-electron chi connectivity index (χ2n) is 6.61. The van der Waals surface area contributed by atoms with E-state index >= 15 is 0 Å². The van der Waals surface area contributed by atoms with E-state index in [0.29, 0.717) is 17.6 Å². The van der Waals surface area contributed by atoms with Crippen LogP contribution in [0.1, 0.15) is 56.2 Å². The highest BCUT2D eigenvalue weighted by molar-refractivity contribution is 7.09. The lowest BCUT2D eigenvalue weighted by Gasteiger charge is -2.58. The number of aromatic nitrogens is 1. The summed E-state index contributed by atoms with van der Waals surface area (Å²) in [6, 6.07) is 0.662. The van der Waals surface area contributed by atoms with Crippen LogP contribution < -0.4 is 5.32 Å². The fourth-order valence-corrected chi connectivity index (χ4v) is 5.00. The van der Waals surface area contributed by atoms with Crippen LogP contribution in [0.25, 0.3) is 0 Å². The number of aryl methyl sites for hydroxylation is 1. The minimum atomic E-state index is 0.438. The number of nitrogens with zero attached hydrogens (tertiary/aromatic N) is 1. The molecule has 3 rings (SSSR count). The highest BCUT2D eigenvalue weighted by Gasteiger charge is 2.55. The monoisotopic (exact) mass is 308 g/mol. The van der Waals surface area contributed by atoms with Crippen LogP contribution in [0.2, 0.25) is 0 Å². The molecule has 118 valence electrons. The highest BCUT2D eigenvalue weighted by Crippen LogP contribution is 2.53. The maximum atomic E-state index is 6.02. The zero-order valence-corrected chi connectivity index (χ0v) is 14.2. The first-order valence-electron chi connectivity index (χ1n) is 8.50. The van der Waals surface area contributed by atoms with Crippen molar-refractivity contribution in [2.45, 2.75) is 70.9 Å². The molecule has 1 aromatic rings. The molecule has 0 radical (unpaired) electrons. The van der Waals surface area contributed by atoms with E-state index in [2.05, 4.69) is 29.5 Å². The average molecular weight is 308 g/mol. The van der Waals surface area contributed by atoms with E-state index in [0.717, 1.165) is 25.3 Å². The molecule has 0 saturated heterocycles. The quantitative estimate of drug-likeness (QED) is 0.870. The molecular formula is C17H28N2OS. The predicted octanol–water partition coefficient (Wildman–Crippen LogP) is 3.71. The van der Waals surface area contributed by atoms with Gasteiger partial charge in [0.05, 0.1) is 11.1 Å². The maximum Gasteiger partial charge on any atom is 0.0940 e. The fraction of sp³-hybridized carbons (Fsp3) is 0.824. The summed E-state index contributed by atoms with van der Waals surface area (Å²) in [6.07, 6.45) is 9.64. The van der Waals surface area contributed by atoms with Crippen molar-refractivity contribution in [2.75, 3.05) is 13.2 Å². The van der Waals surface area contributed by atoms with Crippen molar-refractivity contribution in [1.29, 1.82) is 0 Å². The summed E-state index contributed by atoms with van der Waals surface area (Å²) in [5, 5.41) is 7.22. The minimum absolute atomic E-state index is 0.438. The molecule has 1 heterocycles. The highest BCUT2D eigenvalue weighted by atomic mass is 32.1. The fourth-order valence-electron chi connectivity index (χ4n) is 4.22. The van der Waals surface area contributed by atoms with E-state index in [-0.39, 0.29) is 0 Å². The summed E-state index contributed by atoms with van der Waals surface area (Å²) in [7, 11) is 0. The molecule has 0 aromatic carbocycles. The maximum absolute atomic E-state index is 6.02. The van der Waals surface area contributed by atoms with Gasteiger partial charge in [0, 0.05) is 42.1 Å². The van der Waals surface area contributed by atoms with Crippen LogP contribution in [0.15, 0.2) is 5.38 Å². The molecule has 2 atom stereocenters. The van der Waals surface area contributed by atoms with E-state index in [1.165, 1.54) is 43.5 Å². The molecule has 2 aliphatic rings.